The van der Waals surface area contributed by atoms with E-state index in [2.05, 4.69) is 30.4 Å². The van der Waals surface area contributed by atoms with Crippen LogP contribution in [0.25, 0.3) is 22.6 Å². The molecule has 1 aliphatic carbocycles. The molecule has 4 aromatic rings. The number of hydrogen-bond acceptors (Lipinski definition) is 8. The van der Waals surface area contributed by atoms with Gasteiger partial charge in [0, 0.05) is 23.5 Å². The Morgan fingerprint density at radius 1 is 1.24 bits per heavy atom. The van der Waals surface area contributed by atoms with E-state index in [0.29, 0.717) is 40.7 Å². The minimum Gasteiger partial charge on any atom is -0.465 e. The van der Waals surface area contributed by atoms with Crippen LogP contribution in [0.2, 0.25) is 0 Å². The van der Waals surface area contributed by atoms with Crippen LogP contribution < -0.4 is 5.84 Å². The van der Waals surface area contributed by atoms with E-state index < -0.39 is 5.41 Å². The Bertz CT molecular complexity index is 1410. The Balaban J connectivity index is 1.60. The van der Waals surface area contributed by atoms with Crippen molar-refractivity contribution >= 4 is 22.8 Å². The van der Waals surface area contributed by atoms with E-state index in [4.69, 9.17) is 10.6 Å². The molecule has 1 saturated carbocycles. The van der Waals surface area contributed by atoms with Gasteiger partial charge < -0.3 is 10.6 Å². The number of pyridine rings is 1. The highest BCUT2D eigenvalue weighted by atomic mass is 19.1. The predicted molar refractivity (Wildman–Crippen MR) is 120 cm³/mol. The molecule has 0 amide bonds. The quantitative estimate of drug-likeness (QED) is 0.193. The van der Waals surface area contributed by atoms with Gasteiger partial charge >= 0.3 is 5.97 Å². The van der Waals surface area contributed by atoms with Crippen molar-refractivity contribution in [3.05, 3.63) is 65.7 Å². The molecule has 11 heteroatoms. The van der Waals surface area contributed by atoms with E-state index in [1.54, 1.807) is 48.3 Å². The number of halogens is 1. The Kier molecular flexibility index (Phi) is 5.44. The first-order chi connectivity index (χ1) is 16.6. The van der Waals surface area contributed by atoms with Crippen molar-refractivity contribution in [3.63, 3.8) is 0 Å². The molecule has 1 fully saturated rings. The third kappa shape index (κ3) is 3.64. The average Bonchev–Trinajstić information content (AvgIpc) is 3.58. The van der Waals surface area contributed by atoms with Crippen molar-refractivity contribution in [1.29, 1.82) is 0 Å². The molecule has 3 heterocycles. The van der Waals surface area contributed by atoms with Crippen LogP contribution in [-0.2, 0) is 21.5 Å². The van der Waals surface area contributed by atoms with Gasteiger partial charge in [0.2, 0.25) is 0 Å². The van der Waals surface area contributed by atoms with E-state index in [1.165, 1.54) is 6.07 Å². The standard InChI is InChI=1S/C23H21FN8O2/c1-2-34-22(33)23(9-10-23)16-12-27-20(28-19(16)29-31-25)18-15-7-5-11-26-21(15)32(30-18)13-14-6-3-4-8-17(14)24/h3-8,11-12H,2,9-10,13H2,1H3,(H2,25,27,28,29). The maximum absolute atomic E-state index is 14.3. The summed E-state index contributed by atoms with van der Waals surface area (Å²) in [5.74, 6) is 5.09. The molecule has 0 radical (unpaired) electrons. The summed E-state index contributed by atoms with van der Waals surface area (Å²) in [5.41, 5.74) is 1.15. The highest BCUT2D eigenvalue weighted by molar-refractivity contribution is 5.90. The van der Waals surface area contributed by atoms with Crippen molar-refractivity contribution in [3.8, 4) is 11.5 Å². The first-order valence-corrected chi connectivity index (χ1v) is 10.8. The van der Waals surface area contributed by atoms with Crippen LogP contribution in [0, 0.1) is 5.82 Å². The number of aromatic nitrogens is 5. The second-order valence-corrected chi connectivity index (χ2v) is 7.92. The van der Waals surface area contributed by atoms with Gasteiger partial charge in [-0.1, -0.05) is 23.4 Å². The van der Waals surface area contributed by atoms with Crippen molar-refractivity contribution < 1.29 is 13.9 Å². The van der Waals surface area contributed by atoms with E-state index in [9.17, 15) is 9.18 Å². The van der Waals surface area contributed by atoms with Crippen LogP contribution in [0.4, 0.5) is 10.2 Å². The Morgan fingerprint density at radius 2 is 2.06 bits per heavy atom. The zero-order chi connectivity index (χ0) is 23.7. The molecular weight excluding hydrogens is 439 g/mol. The second kappa shape index (κ2) is 8.58. The number of benzene rings is 1. The van der Waals surface area contributed by atoms with E-state index in [1.807, 2.05) is 6.07 Å². The number of esters is 1. The summed E-state index contributed by atoms with van der Waals surface area (Å²) in [7, 11) is 0. The topological polar surface area (TPSA) is 134 Å². The molecule has 2 N–H and O–H groups in total. The zero-order valence-electron chi connectivity index (χ0n) is 18.3. The molecule has 3 aromatic heterocycles. The number of fused-ring (bicyclic) bond motifs is 1. The second-order valence-electron chi connectivity index (χ2n) is 7.92. The van der Waals surface area contributed by atoms with Crippen LogP contribution in [0.5, 0.6) is 0 Å². The SMILES string of the molecule is CCOC(=O)C1(c2cnc(-c3nn(Cc4ccccc4F)c4ncccc34)nc2N=NN)CC1. The van der Waals surface area contributed by atoms with Gasteiger partial charge in [-0.25, -0.2) is 24.0 Å². The Labute approximate surface area is 193 Å². The average molecular weight is 460 g/mol. The van der Waals surface area contributed by atoms with Crippen molar-refractivity contribution in [1.82, 2.24) is 24.7 Å². The maximum Gasteiger partial charge on any atom is 0.316 e. The van der Waals surface area contributed by atoms with Gasteiger partial charge in [-0.2, -0.15) is 5.10 Å². The van der Waals surface area contributed by atoms with E-state index in [-0.39, 0.29) is 36.6 Å². The highest BCUT2D eigenvalue weighted by Crippen LogP contribution is 2.52. The third-order valence-electron chi connectivity index (χ3n) is 5.85. The summed E-state index contributed by atoms with van der Waals surface area (Å²) in [6, 6.07) is 10.1. The van der Waals surface area contributed by atoms with Gasteiger partial charge in [-0.3, -0.25) is 4.79 Å². The van der Waals surface area contributed by atoms with Gasteiger partial charge in [0.05, 0.1) is 24.0 Å². The fourth-order valence-electron chi connectivity index (χ4n) is 4.01. The molecule has 1 aliphatic rings. The Morgan fingerprint density at radius 3 is 2.79 bits per heavy atom. The number of ether oxygens (including phenoxy) is 1. The Hall–Kier alpha value is -4.28. The minimum atomic E-state index is -0.841. The van der Waals surface area contributed by atoms with Gasteiger partial charge in [0.15, 0.2) is 17.3 Å². The van der Waals surface area contributed by atoms with Gasteiger partial charge in [0.25, 0.3) is 0 Å². The molecule has 1 aromatic carbocycles. The van der Waals surface area contributed by atoms with Crippen molar-refractivity contribution in [2.75, 3.05) is 6.61 Å². The van der Waals surface area contributed by atoms with Gasteiger partial charge in [0.1, 0.15) is 11.5 Å². The summed E-state index contributed by atoms with van der Waals surface area (Å²) >= 11 is 0. The summed E-state index contributed by atoms with van der Waals surface area (Å²) < 4.78 is 21.1. The lowest BCUT2D eigenvalue weighted by molar-refractivity contribution is -0.146. The molecule has 10 nitrogen and oxygen atoms in total. The lowest BCUT2D eigenvalue weighted by atomic mass is 9.98. The number of rotatable bonds is 7. The smallest absolute Gasteiger partial charge is 0.316 e. The summed E-state index contributed by atoms with van der Waals surface area (Å²) in [4.78, 5) is 26.0. The van der Waals surface area contributed by atoms with E-state index >= 15 is 0 Å². The van der Waals surface area contributed by atoms with Crippen LogP contribution in [-0.4, -0.2) is 37.3 Å². The summed E-state index contributed by atoms with van der Waals surface area (Å²) in [5, 5.41) is 12.7. The molecule has 34 heavy (non-hydrogen) atoms. The molecule has 5 rings (SSSR count). The number of carbonyl (C=O) groups excluding carboxylic acids is 1. The monoisotopic (exact) mass is 460 g/mol. The molecule has 172 valence electrons. The molecule has 0 atom stereocenters. The first-order valence-electron chi connectivity index (χ1n) is 10.8. The normalized spacial score (nSPS) is 14.5. The number of nitrogens with two attached hydrogens (primary N) is 1. The first kappa shape index (κ1) is 21.6. The molecule has 0 aliphatic heterocycles. The van der Waals surface area contributed by atoms with Crippen molar-refractivity contribution in [2.24, 2.45) is 16.2 Å². The van der Waals surface area contributed by atoms with Crippen LogP contribution in [0.15, 0.2) is 59.1 Å². The predicted octanol–water partition coefficient (Wildman–Crippen LogP) is 3.63. The maximum atomic E-state index is 14.3. The molecule has 0 saturated heterocycles. The minimum absolute atomic E-state index is 0.179. The number of nitrogens with zero attached hydrogens (tertiary/aromatic N) is 7. The van der Waals surface area contributed by atoms with Gasteiger partial charge in [-0.15, -0.1) is 5.11 Å². The fourth-order valence-corrected chi connectivity index (χ4v) is 4.01. The van der Waals surface area contributed by atoms with Crippen LogP contribution in [0.3, 0.4) is 0 Å². The van der Waals surface area contributed by atoms with E-state index in [0.717, 1.165) is 0 Å². The molecule has 0 bridgehead atoms. The lowest BCUT2D eigenvalue weighted by Gasteiger charge is -2.15. The summed E-state index contributed by atoms with van der Waals surface area (Å²) in [6.45, 7) is 2.20. The third-order valence-corrected chi connectivity index (χ3v) is 5.85. The molecule has 0 unspecified atom stereocenters. The van der Waals surface area contributed by atoms with Crippen LogP contribution >= 0.6 is 0 Å². The fraction of sp³-hybridized carbons (Fsp3) is 0.261. The largest absolute Gasteiger partial charge is 0.465 e. The summed E-state index contributed by atoms with van der Waals surface area (Å²) in [6.07, 6.45) is 4.39. The molecule has 0 spiro atoms. The number of hydrogen-bond donors (Lipinski definition) is 1. The van der Waals surface area contributed by atoms with Gasteiger partial charge in [-0.05, 0) is 38.0 Å². The van der Waals surface area contributed by atoms with Crippen LogP contribution in [0.1, 0.15) is 30.9 Å². The highest BCUT2D eigenvalue weighted by Gasteiger charge is 2.55. The van der Waals surface area contributed by atoms with Crippen molar-refractivity contribution in [2.45, 2.75) is 31.7 Å². The molecular formula is C23H21FN8O2. The number of carbonyl (C=O) groups is 1. The zero-order valence-corrected chi connectivity index (χ0v) is 18.3. The lowest BCUT2D eigenvalue weighted by Crippen LogP contribution is -2.24.